The summed E-state index contributed by atoms with van der Waals surface area (Å²) in [6, 6.07) is 11.7. The molecule has 0 saturated heterocycles. The first kappa shape index (κ1) is 22.9. The van der Waals surface area contributed by atoms with Gasteiger partial charge in [0.05, 0.1) is 5.25 Å². The van der Waals surface area contributed by atoms with Gasteiger partial charge in [0, 0.05) is 12.2 Å². The van der Waals surface area contributed by atoms with E-state index in [0.717, 1.165) is 16.8 Å². The minimum Gasteiger partial charge on any atom is -0.485 e. The number of ether oxygens (including phenoxy) is 2. The molecule has 0 bridgehead atoms. The molecule has 4 rings (SSSR count). The van der Waals surface area contributed by atoms with Gasteiger partial charge in [-0.1, -0.05) is 47.7 Å². The number of rotatable bonds is 7. The molecule has 33 heavy (non-hydrogen) atoms. The molecule has 8 heteroatoms. The number of aryl methyl sites for hydroxylation is 3. The third-order valence-corrected chi connectivity index (χ3v) is 6.51. The maximum atomic E-state index is 13.0. The second-order valence-electron chi connectivity index (χ2n) is 8.13. The number of para-hydroxylation sites is 2. The number of nitrogens with zero attached hydrogens (tertiary/aromatic N) is 3. The first-order chi connectivity index (χ1) is 15.9. The first-order valence-corrected chi connectivity index (χ1v) is 11.7. The van der Waals surface area contributed by atoms with Crippen LogP contribution in [0.25, 0.3) is 0 Å². The zero-order chi connectivity index (χ0) is 23.5. The van der Waals surface area contributed by atoms with Gasteiger partial charge >= 0.3 is 0 Å². The minimum absolute atomic E-state index is 0.0871. The van der Waals surface area contributed by atoms with Gasteiger partial charge in [0.15, 0.2) is 28.6 Å². The molecule has 2 unspecified atom stereocenters. The molecule has 1 aromatic heterocycles. The normalized spacial score (nSPS) is 15.7. The molecule has 1 amide bonds. The lowest BCUT2D eigenvalue weighted by molar-refractivity contribution is -0.115. The Bertz CT molecular complexity index is 1170. The summed E-state index contributed by atoms with van der Waals surface area (Å²) in [7, 11) is 0. The Balaban J connectivity index is 1.51. The topological polar surface area (TPSA) is 78.3 Å². The Kier molecular flexibility index (Phi) is 6.74. The largest absolute Gasteiger partial charge is 0.485 e. The summed E-state index contributed by atoms with van der Waals surface area (Å²) < 4.78 is 13.9. The third-order valence-electron chi connectivity index (χ3n) is 5.43. The lowest BCUT2D eigenvalue weighted by Crippen LogP contribution is -2.26. The van der Waals surface area contributed by atoms with Crippen LogP contribution < -0.4 is 14.8 Å². The maximum Gasteiger partial charge on any atom is 0.237 e. The highest BCUT2D eigenvalue weighted by Gasteiger charge is 2.29. The Morgan fingerprint density at radius 3 is 2.64 bits per heavy atom. The van der Waals surface area contributed by atoms with Gasteiger partial charge in [-0.05, 0) is 51.0 Å². The number of aromatic nitrogens is 3. The fourth-order valence-corrected chi connectivity index (χ4v) is 4.75. The molecule has 172 valence electrons. The number of thioether (sulfide) groups is 1. The Hall–Kier alpha value is -3.26. The van der Waals surface area contributed by atoms with Crippen molar-refractivity contribution in [1.82, 2.24) is 14.8 Å². The van der Waals surface area contributed by atoms with E-state index in [1.165, 1.54) is 17.3 Å². The molecule has 0 saturated carbocycles. The Labute approximate surface area is 198 Å². The maximum absolute atomic E-state index is 13.0. The summed E-state index contributed by atoms with van der Waals surface area (Å²) in [5, 5.41) is 12.1. The number of allylic oxidation sites excluding steroid dienone is 1. The van der Waals surface area contributed by atoms with Crippen molar-refractivity contribution >= 4 is 23.4 Å². The highest BCUT2D eigenvalue weighted by Crippen LogP contribution is 2.36. The van der Waals surface area contributed by atoms with Crippen molar-refractivity contribution in [1.29, 1.82) is 0 Å². The van der Waals surface area contributed by atoms with Crippen LogP contribution >= 0.6 is 11.8 Å². The number of carbonyl (C=O) groups excluding carboxylic acids is 1. The number of hydrogen-bond acceptors (Lipinski definition) is 6. The van der Waals surface area contributed by atoms with Crippen molar-refractivity contribution in [3.05, 3.63) is 71.6 Å². The Morgan fingerprint density at radius 1 is 1.24 bits per heavy atom. The van der Waals surface area contributed by atoms with E-state index in [0.29, 0.717) is 35.6 Å². The van der Waals surface area contributed by atoms with E-state index in [-0.39, 0.29) is 11.2 Å². The number of amides is 1. The van der Waals surface area contributed by atoms with Gasteiger partial charge in [-0.25, -0.2) is 0 Å². The zero-order valence-corrected chi connectivity index (χ0v) is 20.1. The monoisotopic (exact) mass is 464 g/mol. The quantitative estimate of drug-likeness (QED) is 0.391. The van der Waals surface area contributed by atoms with Crippen molar-refractivity contribution in [2.45, 2.75) is 50.8 Å². The van der Waals surface area contributed by atoms with Crippen LogP contribution in [0.1, 0.15) is 35.5 Å². The van der Waals surface area contributed by atoms with Crippen LogP contribution in [0.15, 0.2) is 54.2 Å². The highest BCUT2D eigenvalue weighted by molar-refractivity contribution is 8.00. The van der Waals surface area contributed by atoms with Gasteiger partial charge in [0.2, 0.25) is 5.91 Å². The van der Waals surface area contributed by atoms with Crippen molar-refractivity contribution in [3.8, 4) is 11.5 Å². The molecule has 1 aliphatic rings. The fraction of sp³-hybridized carbons (Fsp3) is 0.320. The molecule has 0 aliphatic carbocycles. The van der Waals surface area contributed by atoms with Crippen LogP contribution in [0.2, 0.25) is 0 Å². The second-order valence-corrected chi connectivity index (χ2v) is 9.44. The van der Waals surface area contributed by atoms with Crippen molar-refractivity contribution in [2.75, 3.05) is 11.9 Å². The summed E-state index contributed by atoms with van der Waals surface area (Å²) in [5.74, 6) is 1.94. The van der Waals surface area contributed by atoms with Crippen LogP contribution in [0.5, 0.6) is 11.5 Å². The standard InChI is InChI=1S/C25H28N4O3S/c1-6-11-29-23(21-14-31-19-9-7-8-10-20(19)32-21)27-28-25(29)33-18(5)24(30)26-22-16(3)12-15(2)13-17(22)4/h6-10,12-13,18,21H,1,11,14H2,2-5H3,(H,26,30). The molecular weight excluding hydrogens is 436 g/mol. The molecule has 2 aromatic carbocycles. The average Bonchev–Trinajstić information content (AvgIpc) is 3.18. The SMILES string of the molecule is C=CCn1c(SC(C)C(=O)Nc2c(C)cc(C)cc2C)nnc1C1COc2ccccc2O1. The minimum atomic E-state index is -0.399. The molecule has 0 radical (unpaired) electrons. The summed E-state index contributed by atoms with van der Waals surface area (Å²) in [6.07, 6.45) is 1.38. The van der Waals surface area contributed by atoms with Gasteiger partial charge < -0.3 is 14.8 Å². The fourth-order valence-electron chi connectivity index (χ4n) is 3.89. The smallest absolute Gasteiger partial charge is 0.237 e. The zero-order valence-electron chi connectivity index (χ0n) is 19.3. The van der Waals surface area contributed by atoms with E-state index in [9.17, 15) is 4.79 Å². The number of anilines is 1. The van der Waals surface area contributed by atoms with E-state index < -0.39 is 6.10 Å². The van der Waals surface area contributed by atoms with Crippen LogP contribution in [-0.2, 0) is 11.3 Å². The molecule has 7 nitrogen and oxygen atoms in total. The number of carbonyl (C=O) groups is 1. The van der Waals surface area contributed by atoms with Crippen LogP contribution in [0, 0.1) is 20.8 Å². The van der Waals surface area contributed by atoms with Gasteiger partial charge in [0.25, 0.3) is 0 Å². The van der Waals surface area contributed by atoms with Gasteiger partial charge in [-0.2, -0.15) is 0 Å². The molecule has 1 aliphatic heterocycles. The van der Waals surface area contributed by atoms with E-state index >= 15 is 0 Å². The summed E-state index contributed by atoms with van der Waals surface area (Å²) in [4.78, 5) is 13.0. The van der Waals surface area contributed by atoms with Crippen molar-refractivity contribution < 1.29 is 14.3 Å². The van der Waals surface area contributed by atoms with Gasteiger partial charge in [0.1, 0.15) is 6.61 Å². The van der Waals surface area contributed by atoms with Crippen LogP contribution in [0.4, 0.5) is 5.69 Å². The summed E-state index contributed by atoms with van der Waals surface area (Å²) in [5.41, 5.74) is 4.12. The third kappa shape index (κ3) is 4.90. The van der Waals surface area contributed by atoms with Crippen molar-refractivity contribution in [2.24, 2.45) is 0 Å². The number of fused-ring (bicyclic) bond motifs is 1. The van der Waals surface area contributed by atoms with Gasteiger partial charge in [-0.15, -0.1) is 16.8 Å². The molecule has 0 fully saturated rings. The van der Waals surface area contributed by atoms with E-state index in [4.69, 9.17) is 9.47 Å². The molecule has 0 spiro atoms. The molecule has 2 atom stereocenters. The van der Waals surface area contributed by atoms with Crippen LogP contribution in [-0.4, -0.2) is 32.5 Å². The number of benzene rings is 2. The Morgan fingerprint density at radius 2 is 1.94 bits per heavy atom. The summed E-state index contributed by atoms with van der Waals surface area (Å²) >= 11 is 1.36. The van der Waals surface area contributed by atoms with E-state index in [1.807, 2.05) is 56.5 Å². The predicted octanol–water partition coefficient (Wildman–Crippen LogP) is 5.02. The summed E-state index contributed by atoms with van der Waals surface area (Å²) in [6.45, 7) is 12.6. The highest BCUT2D eigenvalue weighted by atomic mass is 32.2. The molecule has 2 heterocycles. The lowest BCUT2D eigenvalue weighted by Gasteiger charge is -2.26. The second kappa shape index (κ2) is 9.70. The average molecular weight is 465 g/mol. The lowest BCUT2D eigenvalue weighted by atomic mass is 10.1. The molecule has 1 N–H and O–H groups in total. The predicted molar refractivity (Wildman–Crippen MR) is 130 cm³/mol. The first-order valence-electron chi connectivity index (χ1n) is 10.8. The van der Waals surface area contributed by atoms with E-state index in [1.54, 1.807) is 6.08 Å². The molecule has 3 aromatic rings. The number of hydrogen-bond donors (Lipinski definition) is 1. The molecular formula is C25H28N4O3S. The van der Waals surface area contributed by atoms with Crippen LogP contribution in [0.3, 0.4) is 0 Å². The van der Waals surface area contributed by atoms with Crippen molar-refractivity contribution in [3.63, 3.8) is 0 Å². The van der Waals surface area contributed by atoms with Gasteiger partial charge in [-0.3, -0.25) is 9.36 Å². The number of nitrogens with one attached hydrogen (secondary N) is 1. The van der Waals surface area contributed by atoms with E-state index in [2.05, 4.69) is 34.2 Å².